The molecule has 6 aliphatic rings. The summed E-state index contributed by atoms with van der Waals surface area (Å²) in [4.78, 5) is 21.2. The van der Waals surface area contributed by atoms with Gasteiger partial charge in [0.05, 0.1) is 28.9 Å². The zero-order chi connectivity index (χ0) is 37.3. The van der Waals surface area contributed by atoms with Gasteiger partial charge in [-0.15, -0.1) is 0 Å². The minimum atomic E-state index is -0.915. The summed E-state index contributed by atoms with van der Waals surface area (Å²) < 4.78 is 0. The molecule has 0 saturated carbocycles. The normalized spacial score (nSPS) is 32.6. The van der Waals surface area contributed by atoms with Crippen molar-refractivity contribution in [2.75, 3.05) is 39.3 Å². The molecule has 5 aromatic rings. The lowest BCUT2D eigenvalue weighted by molar-refractivity contribution is -0.100. The van der Waals surface area contributed by atoms with E-state index in [1.165, 1.54) is 88.2 Å². The van der Waals surface area contributed by atoms with Crippen molar-refractivity contribution >= 4 is 32.7 Å². The second kappa shape index (κ2) is 14.1. The Morgan fingerprint density at radius 2 is 1.61 bits per heavy atom. The zero-order valence-electron chi connectivity index (χ0n) is 32.9. The molecule has 7 unspecified atom stereocenters. The number of rotatable bonds is 4. The van der Waals surface area contributed by atoms with Gasteiger partial charge in [-0.25, -0.2) is 0 Å². The van der Waals surface area contributed by atoms with Crippen LogP contribution < -0.4 is 0 Å². The molecule has 3 bridgehead atoms. The van der Waals surface area contributed by atoms with E-state index in [4.69, 9.17) is 4.98 Å². The van der Waals surface area contributed by atoms with Crippen LogP contribution in [-0.2, 0) is 12.8 Å². The first-order valence-electron chi connectivity index (χ1n) is 22.0. The molecule has 0 amide bonds. The molecule has 7 atom stereocenters. The number of para-hydroxylation sites is 2. The predicted molar refractivity (Wildman–Crippen MR) is 228 cm³/mol. The van der Waals surface area contributed by atoms with E-state index in [1.807, 2.05) is 6.20 Å². The van der Waals surface area contributed by atoms with E-state index in [2.05, 4.69) is 110 Å². The summed E-state index contributed by atoms with van der Waals surface area (Å²) in [7, 11) is 0. The molecular weight excluding hydrogens is 689 g/mol. The number of nitrogens with one attached hydrogen (secondary N) is 2. The second-order valence-corrected chi connectivity index (χ2v) is 18.2. The van der Waals surface area contributed by atoms with Crippen LogP contribution in [0.3, 0.4) is 0 Å². The van der Waals surface area contributed by atoms with Crippen molar-refractivity contribution < 1.29 is 5.11 Å². The van der Waals surface area contributed by atoms with E-state index >= 15 is 0 Å². The zero-order valence-corrected chi connectivity index (χ0v) is 32.9. The van der Waals surface area contributed by atoms with Gasteiger partial charge in [0, 0.05) is 76.6 Å². The maximum atomic E-state index is 13.7. The summed E-state index contributed by atoms with van der Waals surface area (Å²) in [6, 6.07) is 20.4. The Kier molecular flexibility index (Phi) is 8.87. The van der Waals surface area contributed by atoms with Crippen molar-refractivity contribution in [3.63, 3.8) is 0 Å². The fraction of sp³-hybridized carbons (Fsp3) is 0.490. The van der Waals surface area contributed by atoms with Crippen LogP contribution in [0.4, 0.5) is 0 Å². The topological polar surface area (TPSA) is 74.4 Å². The fourth-order valence-electron chi connectivity index (χ4n) is 12.9. The summed E-state index contributed by atoms with van der Waals surface area (Å²) >= 11 is 0. The van der Waals surface area contributed by atoms with Crippen LogP contribution in [0.15, 0.2) is 96.7 Å². The molecule has 7 nitrogen and oxygen atoms in total. The first kappa shape index (κ1) is 35.2. The minimum absolute atomic E-state index is 0.0129. The highest BCUT2D eigenvalue weighted by atomic mass is 16.3. The van der Waals surface area contributed by atoms with Gasteiger partial charge >= 0.3 is 0 Å². The van der Waals surface area contributed by atoms with Gasteiger partial charge in [0.1, 0.15) is 0 Å². The standard InChI is InChI=1S/C49H58N6O/c56-49-24-12-4-1-2-5-13-26-53-28-22-40(48(33-53)31-34-15-7-3-6-14-27-55(34)47(48)49)39(32-49)46-45-38(36-17-9-11-19-42(36)52-45)21-29-54(46)30-23-43-44-37(20-25-50-43)35-16-8-10-18-41(35)51-44/h1,4,7-11,15-20,25,32,34,40,46-47,51-52,56H,2-3,5-6,12-14,21-24,26-31,33H2. The predicted octanol–water partition coefficient (Wildman–Crippen LogP) is 9.02. The molecule has 2 saturated heterocycles. The number of hydrogen-bond acceptors (Lipinski definition) is 5. The van der Waals surface area contributed by atoms with Crippen molar-refractivity contribution in [3.8, 4) is 0 Å². The molecule has 2 aromatic carbocycles. The maximum absolute atomic E-state index is 13.7. The largest absolute Gasteiger partial charge is 0.384 e. The summed E-state index contributed by atoms with van der Waals surface area (Å²) in [5, 5.41) is 17.6. The fourth-order valence-corrected chi connectivity index (χ4v) is 12.9. The van der Waals surface area contributed by atoms with Crippen molar-refractivity contribution in [3.05, 3.63) is 114 Å². The molecule has 56 heavy (non-hydrogen) atoms. The van der Waals surface area contributed by atoms with Crippen LogP contribution in [0.25, 0.3) is 32.7 Å². The summed E-state index contributed by atoms with van der Waals surface area (Å²) in [6.07, 6.45) is 27.4. The molecule has 3 N–H and O–H groups in total. The number of piperidine rings is 1. The Morgan fingerprint density at radius 3 is 2.52 bits per heavy atom. The third-order valence-electron chi connectivity index (χ3n) is 15.1. The molecule has 1 spiro atoms. The number of benzene rings is 2. The van der Waals surface area contributed by atoms with E-state index in [1.54, 1.807) is 0 Å². The Labute approximate surface area is 331 Å². The lowest BCUT2D eigenvalue weighted by atomic mass is 9.54. The van der Waals surface area contributed by atoms with Crippen molar-refractivity contribution in [2.24, 2.45) is 11.3 Å². The summed E-state index contributed by atoms with van der Waals surface area (Å²) in [5.41, 5.74) is 8.12. The number of H-pyrrole nitrogens is 2. The first-order valence-corrected chi connectivity index (χ1v) is 22.0. The van der Waals surface area contributed by atoms with Gasteiger partial charge in [-0.1, -0.05) is 66.8 Å². The van der Waals surface area contributed by atoms with Crippen LogP contribution in [0.5, 0.6) is 0 Å². The number of nitrogens with zero attached hydrogens (tertiary/aromatic N) is 4. The van der Waals surface area contributed by atoms with E-state index in [0.29, 0.717) is 12.0 Å². The third-order valence-corrected chi connectivity index (χ3v) is 15.1. The maximum Gasteiger partial charge on any atom is 0.0994 e. The Balaban J connectivity index is 1.06. The average molecular weight is 747 g/mol. The van der Waals surface area contributed by atoms with Crippen LogP contribution >= 0.6 is 0 Å². The van der Waals surface area contributed by atoms with Gasteiger partial charge in [-0.05, 0) is 126 Å². The monoisotopic (exact) mass is 746 g/mol. The van der Waals surface area contributed by atoms with E-state index in [-0.39, 0.29) is 17.5 Å². The van der Waals surface area contributed by atoms with Gasteiger partial charge < -0.3 is 20.0 Å². The van der Waals surface area contributed by atoms with E-state index in [0.717, 1.165) is 83.4 Å². The van der Waals surface area contributed by atoms with Gasteiger partial charge in [0.25, 0.3) is 0 Å². The molecular formula is C49H58N6O. The molecule has 5 aliphatic heterocycles. The van der Waals surface area contributed by atoms with Crippen molar-refractivity contribution in [1.82, 2.24) is 29.7 Å². The SMILES string of the molecule is OC12C=C(C3c4[nH]c5ccccc5c4CCN3CCc3nccc4c3[nH]c3ccccc34)C3CCN(CCCCC=CCC1)CC31CC3C=CCCCCN3C21. The molecule has 11 rings (SSSR count). The third kappa shape index (κ3) is 5.71. The number of pyridine rings is 1. The second-order valence-electron chi connectivity index (χ2n) is 18.2. The van der Waals surface area contributed by atoms with E-state index in [9.17, 15) is 5.11 Å². The molecule has 8 heterocycles. The highest BCUT2D eigenvalue weighted by Gasteiger charge is 2.66. The van der Waals surface area contributed by atoms with Crippen LogP contribution in [0.2, 0.25) is 0 Å². The molecule has 1 aliphatic carbocycles. The Bertz CT molecular complexity index is 2350. The smallest absolute Gasteiger partial charge is 0.0994 e. The summed E-state index contributed by atoms with van der Waals surface area (Å²) in [6.45, 7) is 6.39. The lowest BCUT2D eigenvalue weighted by Crippen LogP contribution is -2.66. The highest BCUT2D eigenvalue weighted by Crippen LogP contribution is 2.62. The minimum Gasteiger partial charge on any atom is -0.384 e. The van der Waals surface area contributed by atoms with Gasteiger partial charge in [-0.3, -0.25) is 14.8 Å². The lowest BCUT2D eigenvalue weighted by Gasteiger charge is -2.59. The molecule has 0 radical (unpaired) electrons. The molecule has 3 aromatic heterocycles. The average Bonchev–Trinajstić information content (AvgIpc) is 3.87. The van der Waals surface area contributed by atoms with Crippen LogP contribution in [-0.4, -0.2) is 91.7 Å². The Morgan fingerprint density at radius 1 is 0.804 bits per heavy atom. The van der Waals surface area contributed by atoms with E-state index < -0.39 is 5.60 Å². The number of aliphatic hydroxyl groups is 1. The quantitative estimate of drug-likeness (QED) is 0.160. The van der Waals surface area contributed by atoms with Gasteiger partial charge in [0.15, 0.2) is 0 Å². The highest BCUT2D eigenvalue weighted by molar-refractivity contribution is 6.07. The van der Waals surface area contributed by atoms with Crippen LogP contribution in [0, 0.1) is 11.3 Å². The first-order chi connectivity index (χ1) is 27.6. The number of hydrogen-bond donors (Lipinski definition) is 3. The van der Waals surface area contributed by atoms with Crippen molar-refractivity contribution in [1.29, 1.82) is 0 Å². The number of allylic oxidation sites excluding steroid dienone is 3. The van der Waals surface area contributed by atoms with Crippen LogP contribution in [0.1, 0.15) is 87.2 Å². The molecule has 2 fully saturated rings. The molecule has 7 heteroatoms. The Hall–Kier alpha value is -4.01. The van der Waals surface area contributed by atoms with Gasteiger partial charge in [-0.2, -0.15) is 0 Å². The summed E-state index contributed by atoms with van der Waals surface area (Å²) in [5.74, 6) is 0.409. The van der Waals surface area contributed by atoms with Gasteiger partial charge in [0.2, 0.25) is 0 Å². The van der Waals surface area contributed by atoms with Crippen molar-refractivity contribution in [2.45, 2.75) is 101 Å². The number of fused-ring (bicyclic) bond motifs is 8. The number of aromatic nitrogens is 3. The number of aromatic amines is 2. The molecule has 290 valence electrons.